The molecule has 12 heterocycles. The maximum absolute atomic E-state index is 7.23. The van der Waals surface area contributed by atoms with Crippen molar-refractivity contribution in [2.75, 3.05) is 0 Å². The van der Waals surface area contributed by atoms with E-state index in [1.807, 2.05) is 245 Å². The predicted octanol–water partition coefficient (Wildman–Crippen LogP) is 24.9. The summed E-state index contributed by atoms with van der Waals surface area (Å²) < 4.78 is 39.8. The Hall–Kier alpha value is -12.5. The van der Waals surface area contributed by atoms with Crippen molar-refractivity contribution in [1.29, 1.82) is 0 Å². The second kappa shape index (κ2) is 39.3. The normalized spacial score (nSPS) is 11.1. The number of nitrogens with zero attached hydrogens (tertiary/aromatic N) is 9. The molecule has 0 saturated heterocycles. The molecular weight excluding hydrogens is 1950 g/mol. The Bertz CT molecular complexity index is 6480. The summed E-state index contributed by atoms with van der Waals surface area (Å²) in [6.45, 7) is 8.21. The van der Waals surface area contributed by atoms with E-state index in [2.05, 4.69) is 156 Å². The largest absolute Gasteiger partial charge is 0.486 e. The molecule has 0 fully saturated rings. The van der Waals surface area contributed by atoms with Crippen LogP contribution in [0, 0.1) is 64.0 Å². The first kappa shape index (κ1) is 77.8. The van der Waals surface area contributed by atoms with Crippen molar-refractivity contribution in [3.63, 3.8) is 0 Å². The van der Waals surface area contributed by atoms with Gasteiger partial charge in [-0.3, -0.25) is 0 Å². The molecule has 0 spiro atoms. The fourth-order valence-corrected chi connectivity index (χ4v) is 12.7. The first-order valence-corrected chi connectivity index (χ1v) is 36.5. The van der Waals surface area contributed by atoms with Gasteiger partial charge in [0.15, 0.2) is 0 Å². The minimum atomic E-state index is -2.09. The van der Waals surface area contributed by atoms with Gasteiger partial charge in [0.05, 0.1) is 16.7 Å². The van der Waals surface area contributed by atoms with Crippen LogP contribution in [0.2, 0.25) is 0 Å². The summed E-state index contributed by atoms with van der Waals surface area (Å²) in [5.74, 6) is 0.523. The van der Waals surface area contributed by atoms with Crippen molar-refractivity contribution in [2.24, 2.45) is 0 Å². The Morgan fingerprint density at radius 1 is 0.296 bits per heavy atom. The molecule has 8 aromatic carbocycles. The fraction of sp³-hybridized carbons (Fsp3) is 0.0700. The van der Waals surface area contributed by atoms with Crippen molar-refractivity contribution in [3.05, 3.63) is 393 Å². The Labute approximate surface area is 713 Å². The molecule has 0 aliphatic carbocycles. The Morgan fingerprint density at radius 3 is 1.03 bits per heavy atom. The van der Waals surface area contributed by atoms with Crippen molar-refractivity contribution in [2.45, 2.75) is 47.4 Å². The quantitative estimate of drug-likeness (QED) is 0.126. The third kappa shape index (κ3) is 19.9. The molecule has 0 aliphatic heterocycles. The van der Waals surface area contributed by atoms with Crippen LogP contribution in [0.3, 0.4) is 0 Å². The number of fused-ring (bicyclic) bond motifs is 9. The van der Waals surface area contributed by atoms with Gasteiger partial charge in [-0.1, -0.05) is 162 Å². The number of aromatic nitrogens is 9. The molecule has 115 heavy (non-hydrogen) atoms. The average Bonchev–Trinajstić information content (AvgIpc) is 1.62. The number of benzene rings is 8. The summed E-state index contributed by atoms with van der Waals surface area (Å²) in [6.07, 6.45) is 10.4. The zero-order valence-electron chi connectivity index (χ0n) is 66.0. The van der Waals surface area contributed by atoms with Crippen LogP contribution < -0.4 is 0 Å². The minimum Gasteiger partial charge on any atom is -0.486 e. The van der Waals surface area contributed by atoms with Crippen molar-refractivity contribution in [3.8, 4) is 89.8 Å². The molecule has 0 amide bonds. The first-order valence-electron chi connectivity index (χ1n) is 38.0. The molecular formula is C100H73Ir3N9O3-6. The molecule has 12 aromatic heterocycles. The SMILES string of the molecule is Cc1ccc2c(n1)oc1c(-c3cc(-c4ccc(C(C)C)cc4)ccn3)[c-]ccc12.Cc1ccc2c(n1)oc1c(-c3cc(-c4ccccc4)ccn3)[c-]ccc12.Cc1ccc2c(n1)oc1c(-c3ccccn3)[c-]ccc12.[2H]C([2H])([2H])c1ccc(-c2[c-]cccc2)nc1.[Ir].[Ir].[Ir].[c-]1ccccc1-c1ccccn1.[c-]1ccccc1-c1ccccn1. The number of rotatable bonds is 9. The number of pyridine rings is 9. The Morgan fingerprint density at radius 2 is 0.670 bits per heavy atom. The van der Waals surface area contributed by atoms with E-state index >= 15 is 0 Å². The molecule has 0 atom stereocenters. The molecule has 12 nitrogen and oxygen atoms in total. The van der Waals surface area contributed by atoms with E-state index in [0.717, 1.165) is 150 Å². The van der Waals surface area contributed by atoms with Crippen LogP contribution in [-0.2, 0) is 60.3 Å². The summed E-state index contributed by atoms with van der Waals surface area (Å²) in [4.78, 5) is 39.6. The fourth-order valence-electron chi connectivity index (χ4n) is 12.7. The Balaban J connectivity index is 0.000000133. The van der Waals surface area contributed by atoms with Gasteiger partial charge in [-0.15, -0.1) is 162 Å². The number of furan rings is 3. The summed E-state index contributed by atoms with van der Waals surface area (Å²) >= 11 is 0. The molecule has 569 valence electrons. The van der Waals surface area contributed by atoms with Crippen molar-refractivity contribution < 1.29 is 77.7 Å². The molecule has 15 heteroatoms. The summed E-state index contributed by atoms with van der Waals surface area (Å²) in [7, 11) is 0. The van der Waals surface area contributed by atoms with Crippen LogP contribution in [0.25, 0.3) is 156 Å². The monoisotopic (exact) mass is 2030 g/mol. The van der Waals surface area contributed by atoms with Gasteiger partial charge in [0, 0.05) is 135 Å². The van der Waals surface area contributed by atoms with Gasteiger partial charge in [0.1, 0.15) is 0 Å². The van der Waals surface area contributed by atoms with E-state index < -0.39 is 6.85 Å². The van der Waals surface area contributed by atoms with Crippen LogP contribution in [0.5, 0.6) is 0 Å². The van der Waals surface area contributed by atoms with Gasteiger partial charge in [0.25, 0.3) is 0 Å². The maximum atomic E-state index is 7.23. The third-order valence-corrected chi connectivity index (χ3v) is 18.3. The van der Waals surface area contributed by atoms with Crippen LogP contribution in [0.4, 0.5) is 0 Å². The van der Waals surface area contributed by atoms with Crippen molar-refractivity contribution in [1.82, 2.24) is 44.9 Å². The molecule has 20 rings (SSSR count). The van der Waals surface area contributed by atoms with Gasteiger partial charge in [0.2, 0.25) is 17.1 Å². The summed E-state index contributed by atoms with van der Waals surface area (Å²) in [5.41, 5.74) is 24.0. The van der Waals surface area contributed by atoms with E-state index in [1.165, 1.54) is 17.3 Å². The van der Waals surface area contributed by atoms with E-state index in [-0.39, 0.29) is 65.9 Å². The van der Waals surface area contributed by atoms with Gasteiger partial charge >= 0.3 is 0 Å². The standard InChI is InChI=1S/C26H21N2O.C23H15N2O.C17H11N2O.C12H10N.2C11H8N.3Ir/c1-16(2)18-8-10-19(11-9-18)20-13-14-27-24(15-20)23-6-4-5-21-22-12-7-17(3)28-26(22)29-25(21)23;1-15-10-11-19-18-8-5-9-20(22(18)26-23(19)25-15)21-14-17(12-13-24-21)16-6-3-2-4-7-16;1-11-8-9-13-12-5-4-6-14(15-7-2-3-10-18-15)16(12)20-17(13)19-11;1-10-7-8-12(13-9-10)11-5-3-2-4-6-11;2*1-2-6-10(7-3-1)11-8-4-5-9-12-11;;;/h4-5,7-16H,1-3H3;2-8,10-14H,1H3;2-5,7-10H,1H3;2-5,7-9H,1H3;2*1-6,8-9H;;;/q6*-1;;;/i;;;1D3;;;;;. The average molecular weight is 2030 g/mol. The summed E-state index contributed by atoms with van der Waals surface area (Å²) in [6, 6.07) is 114. The number of aryl methyl sites for hydroxylation is 4. The van der Waals surface area contributed by atoms with Gasteiger partial charge in [-0.2, -0.15) is 0 Å². The van der Waals surface area contributed by atoms with Crippen LogP contribution in [0.15, 0.2) is 342 Å². The van der Waals surface area contributed by atoms with E-state index in [1.54, 1.807) is 36.8 Å². The van der Waals surface area contributed by atoms with Gasteiger partial charge in [-0.25, -0.2) is 15.0 Å². The molecule has 0 saturated carbocycles. The van der Waals surface area contributed by atoms with Crippen LogP contribution in [0.1, 0.15) is 52.1 Å². The predicted molar refractivity (Wildman–Crippen MR) is 450 cm³/mol. The number of hydrogen-bond acceptors (Lipinski definition) is 12. The smallest absolute Gasteiger partial charge is 0.216 e. The maximum Gasteiger partial charge on any atom is 0.216 e. The third-order valence-electron chi connectivity index (χ3n) is 18.3. The second-order valence-electron chi connectivity index (χ2n) is 26.4. The van der Waals surface area contributed by atoms with Gasteiger partial charge < -0.3 is 43.2 Å². The van der Waals surface area contributed by atoms with Gasteiger partial charge in [-0.05, 0) is 168 Å². The molecule has 20 aromatic rings. The second-order valence-corrected chi connectivity index (χ2v) is 26.4. The summed E-state index contributed by atoms with van der Waals surface area (Å²) in [5, 5.41) is 6.17. The molecule has 0 bridgehead atoms. The molecule has 0 unspecified atom stereocenters. The Kier molecular flexibility index (Phi) is 26.6. The van der Waals surface area contributed by atoms with E-state index in [0.29, 0.717) is 23.1 Å². The van der Waals surface area contributed by atoms with E-state index in [9.17, 15) is 0 Å². The molecule has 3 radical (unpaired) electrons. The van der Waals surface area contributed by atoms with Crippen molar-refractivity contribution >= 4 is 66.2 Å². The molecule has 0 N–H and O–H groups in total. The first-order chi connectivity index (χ1) is 56.2. The van der Waals surface area contributed by atoms with Crippen LogP contribution >= 0.6 is 0 Å². The zero-order chi connectivity index (χ0) is 79.0. The number of hydrogen-bond donors (Lipinski definition) is 0. The topological polar surface area (TPSA) is 155 Å². The van der Waals surface area contributed by atoms with E-state index in [4.69, 9.17) is 17.4 Å². The van der Waals surface area contributed by atoms with Crippen LogP contribution in [-0.4, -0.2) is 44.9 Å². The molecule has 0 aliphatic rings. The minimum absolute atomic E-state index is 0. The zero-order valence-corrected chi connectivity index (χ0v) is 70.2.